The van der Waals surface area contributed by atoms with Gasteiger partial charge in [-0.2, -0.15) is 0 Å². The van der Waals surface area contributed by atoms with E-state index in [1.54, 1.807) is 43.5 Å². The Bertz CT molecular complexity index is 1310. The number of methoxy groups -OCH3 is 1. The Morgan fingerprint density at radius 1 is 1.06 bits per heavy atom. The summed E-state index contributed by atoms with van der Waals surface area (Å²) in [6.45, 7) is 0. The molecule has 5 rings (SSSR count). The van der Waals surface area contributed by atoms with E-state index in [4.69, 9.17) is 16.3 Å². The average Bonchev–Trinajstić information content (AvgIpc) is 3.28. The summed E-state index contributed by atoms with van der Waals surface area (Å²) < 4.78 is 34.1. The van der Waals surface area contributed by atoms with Crippen LogP contribution in [0.1, 0.15) is 29.5 Å². The lowest BCUT2D eigenvalue weighted by atomic mass is 9.77. The van der Waals surface area contributed by atoms with Crippen molar-refractivity contribution >= 4 is 33.0 Å². The molecule has 2 N–H and O–H groups in total. The smallest absolute Gasteiger partial charge is 0.261 e. The Kier molecular flexibility index (Phi) is 5.35. The number of anilines is 2. The van der Waals surface area contributed by atoms with Crippen LogP contribution in [0, 0.1) is 5.92 Å². The predicted molar refractivity (Wildman–Crippen MR) is 128 cm³/mol. The number of hydrogen-bond acceptors (Lipinski definition) is 4. The summed E-state index contributed by atoms with van der Waals surface area (Å²) in [5.41, 5.74) is 3.54. The fourth-order valence-corrected chi connectivity index (χ4v) is 5.95. The van der Waals surface area contributed by atoms with Crippen molar-refractivity contribution in [2.75, 3.05) is 17.1 Å². The molecule has 0 amide bonds. The SMILES string of the molecule is COc1cccc([C@H]2Nc3ccc(S(=O)(=O)Nc4cccc(Cl)c4)cc3[C@H]3C=CC[C@H]32)c1. The lowest BCUT2D eigenvalue weighted by Crippen LogP contribution is -2.29. The fraction of sp³-hybridized carbons (Fsp3) is 0.200. The second kappa shape index (κ2) is 8.19. The van der Waals surface area contributed by atoms with E-state index in [1.165, 1.54) is 0 Å². The number of sulfonamides is 1. The molecule has 2 aliphatic rings. The molecule has 0 radical (unpaired) electrons. The van der Waals surface area contributed by atoms with Crippen LogP contribution in [-0.4, -0.2) is 15.5 Å². The van der Waals surface area contributed by atoms with E-state index in [0.29, 0.717) is 16.6 Å². The molecule has 1 aliphatic carbocycles. The number of halogens is 1. The molecule has 1 heterocycles. The molecule has 0 unspecified atom stereocenters. The van der Waals surface area contributed by atoms with Gasteiger partial charge in [-0.1, -0.05) is 42.0 Å². The van der Waals surface area contributed by atoms with Gasteiger partial charge in [-0.25, -0.2) is 8.42 Å². The van der Waals surface area contributed by atoms with Crippen LogP contribution >= 0.6 is 11.6 Å². The van der Waals surface area contributed by atoms with Gasteiger partial charge in [0.15, 0.2) is 0 Å². The number of allylic oxidation sites excluding steroid dienone is 2. The van der Waals surface area contributed by atoms with E-state index in [1.807, 2.05) is 18.2 Å². The first-order valence-corrected chi connectivity index (χ1v) is 12.3. The molecule has 5 nitrogen and oxygen atoms in total. The highest BCUT2D eigenvalue weighted by molar-refractivity contribution is 7.92. The van der Waals surface area contributed by atoms with Crippen molar-refractivity contribution in [1.29, 1.82) is 0 Å². The van der Waals surface area contributed by atoms with E-state index >= 15 is 0 Å². The number of rotatable bonds is 5. The van der Waals surface area contributed by atoms with Crippen LogP contribution in [0.4, 0.5) is 11.4 Å². The van der Waals surface area contributed by atoms with Gasteiger partial charge < -0.3 is 10.1 Å². The van der Waals surface area contributed by atoms with E-state index in [2.05, 4.69) is 34.3 Å². The van der Waals surface area contributed by atoms with Crippen LogP contribution in [0.25, 0.3) is 0 Å². The molecular formula is C25H23ClN2O3S. The fourth-order valence-electron chi connectivity index (χ4n) is 4.67. The van der Waals surface area contributed by atoms with Gasteiger partial charge in [0.1, 0.15) is 5.75 Å². The topological polar surface area (TPSA) is 67.4 Å². The Morgan fingerprint density at radius 2 is 1.91 bits per heavy atom. The van der Waals surface area contributed by atoms with Gasteiger partial charge in [-0.05, 0) is 72.0 Å². The van der Waals surface area contributed by atoms with Crippen molar-refractivity contribution < 1.29 is 13.2 Å². The number of fused-ring (bicyclic) bond motifs is 3. The van der Waals surface area contributed by atoms with Crippen molar-refractivity contribution in [3.63, 3.8) is 0 Å². The molecule has 0 aromatic heterocycles. The quantitative estimate of drug-likeness (QED) is 0.454. The first-order valence-electron chi connectivity index (χ1n) is 10.4. The third-order valence-electron chi connectivity index (χ3n) is 6.17. The van der Waals surface area contributed by atoms with Crippen LogP contribution < -0.4 is 14.8 Å². The van der Waals surface area contributed by atoms with Crippen molar-refractivity contribution in [1.82, 2.24) is 0 Å². The van der Waals surface area contributed by atoms with Crippen LogP contribution in [0.5, 0.6) is 5.75 Å². The minimum atomic E-state index is -3.74. The van der Waals surface area contributed by atoms with Gasteiger partial charge >= 0.3 is 0 Å². The molecule has 164 valence electrons. The van der Waals surface area contributed by atoms with Crippen molar-refractivity contribution in [3.05, 3.63) is 95.0 Å². The zero-order chi connectivity index (χ0) is 22.3. The van der Waals surface area contributed by atoms with Crippen LogP contribution in [0.15, 0.2) is 83.8 Å². The molecule has 0 fully saturated rings. The van der Waals surface area contributed by atoms with E-state index < -0.39 is 10.0 Å². The van der Waals surface area contributed by atoms with Gasteiger partial charge in [0.05, 0.1) is 23.7 Å². The van der Waals surface area contributed by atoms with Crippen molar-refractivity contribution in [2.24, 2.45) is 5.92 Å². The maximum absolute atomic E-state index is 13.0. The summed E-state index contributed by atoms with van der Waals surface area (Å²) in [4.78, 5) is 0.233. The van der Waals surface area contributed by atoms with Crippen molar-refractivity contribution in [2.45, 2.75) is 23.3 Å². The first kappa shape index (κ1) is 20.9. The average molecular weight is 467 g/mol. The highest BCUT2D eigenvalue weighted by Gasteiger charge is 2.38. The monoisotopic (exact) mass is 466 g/mol. The summed E-state index contributed by atoms with van der Waals surface area (Å²) in [6.07, 6.45) is 5.31. The number of nitrogens with one attached hydrogen (secondary N) is 2. The molecule has 1 aliphatic heterocycles. The molecule has 0 saturated carbocycles. The molecule has 0 bridgehead atoms. The van der Waals surface area contributed by atoms with Crippen LogP contribution in [-0.2, 0) is 10.0 Å². The van der Waals surface area contributed by atoms with Crippen LogP contribution in [0.3, 0.4) is 0 Å². The normalized spacial score (nSPS) is 21.4. The second-order valence-corrected chi connectivity index (χ2v) is 10.2. The minimum Gasteiger partial charge on any atom is -0.497 e. The molecule has 3 aromatic carbocycles. The lowest BCUT2D eigenvalue weighted by Gasteiger charge is -2.37. The van der Waals surface area contributed by atoms with Gasteiger partial charge in [-0.15, -0.1) is 0 Å². The maximum atomic E-state index is 13.0. The van der Waals surface area contributed by atoms with Gasteiger partial charge in [-0.3, -0.25) is 4.72 Å². The van der Waals surface area contributed by atoms with Crippen LogP contribution in [0.2, 0.25) is 5.02 Å². The lowest BCUT2D eigenvalue weighted by molar-refractivity contribution is 0.406. The molecule has 0 spiro atoms. The Morgan fingerprint density at radius 3 is 2.72 bits per heavy atom. The minimum absolute atomic E-state index is 0.115. The summed E-state index contributed by atoms with van der Waals surface area (Å²) in [5, 5.41) is 4.12. The Labute approximate surface area is 193 Å². The molecule has 3 aromatic rings. The maximum Gasteiger partial charge on any atom is 0.261 e. The third-order valence-corrected chi connectivity index (χ3v) is 7.79. The molecule has 7 heteroatoms. The van der Waals surface area contributed by atoms with E-state index in [-0.39, 0.29) is 16.9 Å². The summed E-state index contributed by atoms with van der Waals surface area (Å²) in [6, 6.07) is 20.2. The third kappa shape index (κ3) is 3.85. The standard InChI is InChI=1S/C25H23ClN2O3S/c1-31-19-8-2-5-16(13-19)25-22-10-4-9-21(22)23-15-20(11-12-24(23)27-25)32(29,30)28-18-7-3-6-17(26)14-18/h2-9,11-15,21-22,25,27-28H,10H2,1H3/t21-,22+,25+/m0/s1. The van der Waals surface area contributed by atoms with Gasteiger partial charge in [0, 0.05) is 16.6 Å². The molecular weight excluding hydrogens is 444 g/mol. The predicted octanol–water partition coefficient (Wildman–Crippen LogP) is 5.98. The summed E-state index contributed by atoms with van der Waals surface area (Å²) >= 11 is 6.00. The first-order chi connectivity index (χ1) is 15.4. The van der Waals surface area contributed by atoms with Gasteiger partial charge in [0.25, 0.3) is 10.0 Å². The Balaban J connectivity index is 1.49. The molecule has 32 heavy (non-hydrogen) atoms. The molecule has 3 atom stereocenters. The Hall–Kier alpha value is -2.96. The van der Waals surface area contributed by atoms with E-state index in [0.717, 1.165) is 29.0 Å². The molecule has 0 saturated heterocycles. The number of benzene rings is 3. The second-order valence-electron chi connectivity index (χ2n) is 8.12. The summed E-state index contributed by atoms with van der Waals surface area (Å²) in [7, 11) is -2.08. The van der Waals surface area contributed by atoms with Gasteiger partial charge in [0.2, 0.25) is 0 Å². The zero-order valence-corrected chi connectivity index (χ0v) is 19.0. The number of ether oxygens (including phenoxy) is 1. The van der Waals surface area contributed by atoms with Crippen molar-refractivity contribution in [3.8, 4) is 5.75 Å². The largest absolute Gasteiger partial charge is 0.497 e. The highest BCUT2D eigenvalue weighted by atomic mass is 35.5. The summed E-state index contributed by atoms with van der Waals surface area (Å²) in [5.74, 6) is 1.27. The zero-order valence-electron chi connectivity index (χ0n) is 17.5. The number of hydrogen-bond donors (Lipinski definition) is 2. The highest BCUT2D eigenvalue weighted by Crippen LogP contribution is 2.50. The van der Waals surface area contributed by atoms with E-state index in [9.17, 15) is 8.42 Å².